The van der Waals surface area contributed by atoms with Crippen LogP contribution in [0.2, 0.25) is 5.02 Å². The molecule has 1 rings (SSSR count). The van der Waals surface area contributed by atoms with Gasteiger partial charge < -0.3 is 4.90 Å². The normalized spacial score (nSPS) is 9.80. The van der Waals surface area contributed by atoms with Gasteiger partial charge in [0.2, 0.25) is 0 Å². The highest BCUT2D eigenvalue weighted by molar-refractivity contribution is 6.30. The van der Waals surface area contributed by atoms with E-state index in [1.165, 1.54) is 13.3 Å². The summed E-state index contributed by atoms with van der Waals surface area (Å²) in [7, 11) is 3.14. The number of nitrogens with zero attached hydrogens (tertiary/aromatic N) is 2. The molecule has 1 aromatic rings. The van der Waals surface area contributed by atoms with Crippen LogP contribution in [-0.2, 0) is 9.63 Å². The Kier molecular flexibility index (Phi) is 4.33. The lowest BCUT2D eigenvalue weighted by Gasteiger charge is -2.16. The fraction of sp³-hybridized carbons (Fsp3) is 0.333. The number of anilines is 1. The maximum atomic E-state index is 11.2. The molecule has 6 heteroatoms. The number of hydrogen-bond donors (Lipinski definition) is 1. The first-order chi connectivity index (χ1) is 7.13. The van der Waals surface area contributed by atoms with Crippen LogP contribution in [0.4, 0.5) is 5.82 Å². The second kappa shape index (κ2) is 5.53. The highest BCUT2D eigenvalue weighted by Gasteiger charge is 2.07. The van der Waals surface area contributed by atoms with E-state index in [1.54, 1.807) is 24.1 Å². The van der Waals surface area contributed by atoms with Crippen LogP contribution in [0.15, 0.2) is 18.3 Å². The molecule has 1 heterocycles. The van der Waals surface area contributed by atoms with Gasteiger partial charge in [0.1, 0.15) is 12.4 Å². The number of hydrogen-bond acceptors (Lipinski definition) is 4. The van der Waals surface area contributed by atoms with E-state index in [0.29, 0.717) is 10.8 Å². The summed E-state index contributed by atoms with van der Waals surface area (Å²) in [4.78, 5) is 21.4. The summed E-state index contributed by atoms with van der Waals surface area (Å²) in [6.45, 7) is 0.169. The number of carbonyl (C=O) groups is 1. The molecule has 0 saturated heterocycles. The van der Waals surface area contributed by atoms with Gasteiger partial charge in [0.15, 0.2) is 0 Å². The van der Waals surface area contributed by atoms with Crippen LogP contribution in [0.1, 0.15) is 0 Å². The number of likely N-dealkylation sites (N-methyl/N-ethyl adjacent to an activating group) is 1. The Labute approximate surface area is 93.0 Å². The molecule has 0 atom stereocenters. The number of halogens is 1. The predicted octanol–water partition coefficient (Wildman–Crippen LogP) is 0.849. The lowest BCUT2D eigenvalue weighted by molar-refractivity contribution is -0.129. The first-order valence-electron chi connectivity index (χ1n) is 4.28. The molecule has 0 aliphatic carbocycles. The maximum absolute atomic E-state index is 11.2. The van der Waals surface area contributed by atoms with Gasteiger partial charge in [0.05, 0.1) is 12.1 Å². The highest BCUT2D eigenvalue weighted by Crippen LogP contribution is 2.12. The number of amides is 1. The molecule has 0 spiro atoms. The second-order valence-electron chi connectivity index (χ2n) is 2.92. The molecule has 1 aromatic heterocycles. The molecule has 5 nitrogen and oxygen atoms in total. The van der Waals surface area contributed by atoms with Gasteiger partial charge in [-0.25, -0.2) is 10.5 Å². The first kappa shape index (κ1) is 11.7. The first-order valence-corrected chi connectivity index (χ1v) is 4.66. The van der Waals surface area contributed by atoms with Gasteiger partial charge in [-0.1, -0.05) is 11.6 Å². The van der Waals surface area contributed by atoms with E-state index in [2.05, 4.69) is 15.3 Å². The molecular weight excluding hydrogens is 218 g/mol. The molecular formula is C9H12ClN3O2. The van der Waals surface area contributed by atoms with Crippen LogP contribution in [-0.4, -0.2) is 31.6 Å². The number of carbonyl (C=O) groups excluding carboxylic acids is 1. The van der Waals surface area contributed by atoms with Crippen molar-refractivity contribution in [3.8, 4) is 0 Å². The SMILES string of the molecule is CONC(=O)CN(C)c1ccc(Cl)cn1. The molecule has 0 aromatic carbocycles. The summed E-state index contributed by atoms with van der Waals surface area (Å²) < 4.78 is 0. The van der Waals surface area contributed by atoms with Crippen molar-refractivity contribution in [1.29, 1.82) is 0 Å². The summed E-state index contributed by atoms with van der Waals surface area (Å²) >= 11 is 5.69. The minimum atomic E-state index is -0.239. The largest absolute Gasteiger partial charge is 0.350 e. The van der Waals surface area contributed by atoms with Crippen LogP contribution in [0, 0.1) is 0 Å². The molecule has 15 heavy (non-hydrogen) atoms. The number of rotatable bonds is 4. The third kappa shape index (κ3) is 3.73. The maximum Gasteiger partial charge on any atom is 0.263 e. The molecule has 1 N–H and O–H groups in total. The second-order valence-corrected chi connectivity index (χ2v) is 3.36. The van der Waals surface area contributed by atoms with Crippen molar-refractivity contribution in [3.05, 3.63) is 23.4 Å². The Balaban J connectivity index is 2.57. The third-order valence-corrected chi connectivity index (χ3v) is 1.92. The lowest BCUT2D eigenvalue weighted by Crippen LogP contribution is -2.34. The quantitative estimate of drug-likeness (QED) is 0.778. The zero-order valence-corrected chi connectivity index (χ0v) is 9.28. The van der Waals surface area contributed by atoms with Gasteiger partial charge in [-0.05, 0) is 12.1 Å². The molecule has 1 amide bonds. The summed E-state index contributed by atoms with van der Waals surface area (Å²) in [6.07, 6.45) is 1.53. The average Bonchev–Trinajstić information content (AvgIpc) is 2.18. The minimum Gasteiger partial charge on any atom is -0.350 e. The molecule has 0 unspecified atom stereocenters. The Hall–Kier alpha value is -1.33. The molecule has 0 aliphatic rings. The van der Waals surface area contributed by atoms with Crippen molar-refractivity contribution in [1.82, 2.24) is 10.5 Å². The van der Waals surface area contributed by atoms with Crippen molar-refractivity contribution in [2.75, 3.05) is 25.6 Å². The Morgan fingerprint density at radius 1 is 1.67 bits per heavy atom. The van der Waals surface area contributed by atoms with Crippen LogP contribution >= 0.6 is 11.6 Å². The van der Waals surface area contributed by atoms with Gasteiger partial charge in [-0.15, -0.1) is 0 Å². The summed E-state index contributed by atoms with van der Waals surface area (Å²) in [6, 6.07) is 3.46. The van der Waals surface area contributed by atoms with Gasteiger partial charge in [-0.2, -0.15) is 0 Å². The van der Waals surface area contributed by atoms with E-state index >= 15 is 0 Å². The zero-order chi connectivity index (χ0) is 11.3. The van der Waals surface area contributed by atoms with Crippen molar-refractivity contribution < 1.29 is 9.63 Å². The summed E-state index contributed by atoms with van der Waals surface area (Å²) in [5, 5.41) is 0.563. The van der Waals surface area contributed by atoms with Crippen LogP contribution in [0.5, 0.6) is 0 Å². The lowest BCUT2D eigenvalue weighted by atomic mass is 10.4. The van der Waals surface area contributed by atoms with Crippen molar-refractivity contribution in [3.63, 3.8) is 0 Å². The Morgan fingerprint density at radius 2 is 2.40 bits per heavy atom. The van der Waals surface area contributed by atoms with E-state index in [9.17, 15) is 4.79 Å². The molecule has 0 fully saturated rings. The van der Waals surface area contributed by atoms with Crippen molar-refractivity contribution in [2.45, 2.75) is 0 Å². The van der Waals surface area contributed by atoms with E-state index < -0.39 is 0 Å². The molecule has 0 bridgehead atoms. The zero-order valence-electron chi connectivity index (χ0n) is 8.53. The van der Waals surface area contributed by atoms with Crippen molar-refractivity contribution in [2.24, 2.45) is 0 Å². The molecule has 0 aliphatic heterocycles. The number of aromatic nitrogens is 1. The van der Waals surface area contributed by atoms with Crippen molar-refractivity contribution >= 4 is 23.3 Å². The topological polar surface area (TPSA) is 54.5 Å². The van der Waals surface area contributed by atoms with Crippen LogP contribution in [0.3, 0.4) is 0 Å². The Bertz CT molecular complexity index is 329. The molecule has 0 radical (unpaired) electrons. The standard InChI is InChI=1S/C9H12ClN3O2/c1-13(6-9(14)12-15-2)8-4-3-7(10)5-11-8/h3-5H,6H2,1-2H3,(H,12,14). The van der Waals surface area contributed by atoms with Crippen LogP contribution < -0.4 is 10.4 Å². The monoisotopic (exact) mass is 229 g/mol. The van der Waals surface area contributed by atoms with Gasteiger partial charge in [0.25, 0.3) is 5.91 Å². The summed E-state index contributed by atoms with van der Waals surface area (Å²) in [5.41, 5.74) is 2.22. The highest BCUT2D eigenvalue weighted by atomic mass is 35.5. The predicted molar refractivity (Wildman–Crippen MR) is 57.7 cm³/mol. The average molecular weight is 230 g/mol. The fourth-order valence-corrected chi connectivity index (χ4v) is 1.15. The summed E-state index contributed by atoms with van der Waals surface area (Å²) in [5.74, 6) is 0.433. The van der Waals surface area contributed by atoms with Gasteiger partial charge in [0, 0.05) is 13.2 Å². The third-order valence-electron chi connectivity index (χ3n) is 1.70. The molecule has 82 valence electrons. The van der Waals surface area contributed by atoms with Gasteiger partial charge >= 0.3 is 0 Å². The minimum absolute atomic E-state index is 0.169. The number of hydroxylamine groups is 1. The number of pyridine rings is 1. The van der Waals surface area contributed by atoms with Gasteiger partial charge in [-0.3, -0.25) is 9.63 Å². The van der Waals surface area contributed by atoms with E-state index in [4.69, 9.17) is 11.6 Å². The van der Waals surface area contributed by atoms with E-state index in [1.807, 2.05) is 0 Å². The van der Waals surface area contributed by atoms with E-state index in [0.717, 1.165) is 0 Å². The number of nitrogens with one attached hydrogen (secondary N) is 1. The fourth-order valence-electron chi connectivity index (χ4n) is 1.04. The molecule has 0 saturated carbocycles. The van der Waals surface area contributed by atoms with E-state index in [-0.39, 0.29) is 12.5 Å². The smallest absolute Gasteiger partial charge is 0.263 e. The Morgan fingerprint density at radius 3 is 2.93 bits per heavy atom. The van der Waals surface area contributed by atoms with Crippen LogP contribution in [0.25, 0.3) is 0 Å².